The van der Waals surface area contributed by atoms with E-state index in [0.29, 0.717) is 12.6 Å². The first-order chi connectivity index (χ1) is 8.80. The predicted octanol–water partition coefficient (Wildman–Crippen LogP) is 1.59. The van der Waals surface area contributed by atoms with Gasteiger partial charge in [0.2, 0.25) is 0 Å². The van der Waals surface area contributed by atoms with Gasteiger partial charge in [0.25, 0.3) is 0 Å². The van der Waals surface area contributed by atoms with Crippen LogP contribution >= 0.6 is 0 Å². The lowest BCUT2D eigenvalue weighted by Gasteiger charge is -2.37. The van der Waals surface area contributed by atoms with E-state index in [1.165, 1.54) is 38.6 Å². The Morgan fingerprint density at radius 3 is 2.56 bits per heavy atom. The van der Waals surface area contributed by atoms with Crippen molar-refractivity contribution in [2.75, 3.05) is 27.3 Å². The van der Waals surface area contributed by atoms with Gasteiger partial charge in [-0.2, -0.15) is 0 Å². The zero-order valence-electron chi connectivity index (χ0n) is 11.8. The van der Waals surface area contributed by atoms with Crippen molar-refractivity contribution < 1.29 is 9.47 Å². The lowest BCUT2D eigenvalue weighted by atomic mass is 9.85. The van der Waals surface area contributed by atoms with Crippen LogP contribution < -0.4 is 5.73 Å². The summed E-state index contributed by atoms with van der Waals surface area (Å²) < 4.78 is 10.6. The second-order valence-corrected chi connectivity index (χ2v) is 5.66. The van der Waals surface area contributed by atoms with Crippen molar-refractivity contribution in [1.82, 2.24) is 4.90 Å². The molecule has 1 saturated carbocycles. The Morgan fingerprint density at radius 1 is 1.17 bits per heavy atom. The average molecular weight is 256 g/mol. The summed E-state index contributed by atoms with van der Waals surface area (Å²) in [5, 5.41) is 0. The molecule has 1 aliphatic heterocycles. The van der Waals surface area contributed by atoms with Gasteiger partial charge in [0.05, 0.1) is 0 Å². The summed E-state index contributed by atoms with van der Waals surface area (Å²) >= 11 is 0. The second kappa shape index (κ2) is 6.85. The minimum atomic E-state index is -0.124. The molecule has 0 bridgehead atoms. The molecular formula is C14H28N2O2. The Balaban J connectivity index is 1.94. The first kappa shape index (κ1) is 14.3. The van der Waals surface area contributed by atoms with Crippen LogP contribution in [0.5, 0.6) is 0 Å². The van der Waals surface area contributed by atoms with Crippen LogP contribution in [0, 0.1) is 5.92 Å². The van der Waals surface area contributed by atoms with E-state index in [-0.39, 0.29) is 6.29 Å². The minimum Gasteiger partial charge on any atom is -0.356 e. The summed E-state index contributed by atoms with van der Waals surface area (Å²) in [6, 6.07) is 1.17. The molecule has 1 heterocycles. The molecule has 0 radical (unpaired) electrons. The molecule has 4 heteroatoms. The quantitative estimate of drug-likeness (QED) is 0.733. The summed E-state index contributed by atoms with van der Waals surface area (Å²) in [4.78, 5) is 2.63. The molecule has 2 rings (SSSR count). The van der Waals surface area contributed by atoms with E-state index >= 15 is 0 Å². The van der Waals surface area contributed by atoms with Crippen molar-refractivity contribution in [2.24, 2.45) is 11.7 Å². The standard InChI is InChI=1S/C14H28N2O2/c1-17-14(18-2)9-12(10-15)16-8-7-11-5-3-4-6-13(11)16/h11-14H,3-10,15H2,1-2H3. The Labute approximate surface area is 111 Å². The van der Waals surface area contributed by atoms with Crippen molar-refractivity contribution in [3.05, 3.63) is 0 Å². The SMILES string of the molecule is COC(CC(CN)N1CCC2CCCCC21)OC. The highest BCUT2D eigenvalue weighted by molar-refractivity contribution is 4.93. The molecule has 0 aromatic carbocycles. The first-order valence-corrected chi connectivity index (χ1v) is 7.31. The van der Waals surface area contributed by atoms with Gasteiger partial charge in [-0.05, 0) is 31.7 Å². The number of fused-ring (bicyclic) bond motifs is 1. The van der Waals surface area contributed by atoms with Gasteiger partial charge < -0.3 is 15.2 Å². The zero-order chi connectivity index (χ0) is 13.0. The molecule has 106 valence electrons. The second-order valence-electron chi connectivity index (χ2n) is 5.66. The fourth-order valence-corrected chi connectivity index (χ4v) is 3.77. The average Bonchev–Trinajstić information content (AvgIpc) is 2.84. The van der Waals surface area contributed by atoms with E-state index in [1.807, 2.05) is 0 Å². The van der Waals surface area contributed by atoms with Crippen LogP contribution in [0.1, 0.15) is 38.5 Å². The number of ether oxygens (including phenoxy) is 2. The van der Waals surface area contributed by atoms with Gasteiger partial charge in [0.15, 0.2) is 6.29 Å². The summed E-state index contributed by atoms with van der Waals surface area (Å²) in [5.41, 5.74) is 5.98. The molecule has 0 aromatic rings. The lowest BCUT2D eigenvalue weighted by Crippen LogP contribution is -2.47. The Kier molecular flexibility index (Phi) is 5.42. The van der Waals surface area contributed by atoms with Crippen molar-refractivity contribution in [3.8, 4) is 0 Å². The molecule has 1 aliphatic carbocycles. The maximum absolute atomic E-state index is 5.98. The van der Waals surface area contributed by atoms with Crippen LogP contribution in [0.25, 0.3) is 0 Å². The normalized spacial score (nSPS) is 30.7. The molecule has 1 saturated heterocycles. The smallest absolute Gasteiger partial charge is 0.158 e. The van der Waals surface area contributed by atoms with E-state index < -0.39 is 0 Å². The number of nitrogens with zero attached hydrogens (tertiary/aromatic N) is 1. The van der Waals surface area contributed by atoms with E-state index in [0.717, 1.165) is 18.4 Å². The van der Waals surface area contributed by atoms with Crippen molar-refractivity contribution in [3.63, 3.8) is 0 Å². The molecule has 0 aromatic heterocycles. The summed E-state index contributed by atoms with van der Waals surface area (Å²) in [6.45, 7) is 1.91. The maximum atomic E-state index is 5.98. The van der Waals surface area contributed by atoms with Gasteiger partial charge >= 0.3 is 0 Å². The molecule has 18 heavy (non-hydrogen) atoms. The van der Waals surface area contributed by atoms with E-state index in [9.17, 15) is 0 Å². The third kappa shape index (κ3) is 3.05. The number of hydrogen-bond acceptors (Lipinski definition) is 4. The molecule has 2 fully saturated rings. The lowest BCUT2D eigenvalue weighted by molar-refractivity contribution is -0.117. The van der Waals surface area contributed by atoms with Gasteiger partial charge in [-0.15, -0.1) is 0 Å². The maximum Gasteiger partial charge on any atom is 0.158 e. The number of hydrogen-bond donors (Lipinski definition) is 1. The Hall–Kier alpha value is -0.160. The molecular weight excluding hydrogens is 228 g/mol. The predicted molar refractivity (Wildman–Crippen MR) is 72.3 cm³/mol. The van der Waals surface area contributed by atoms with Crippen LogP contribution in [0.4, 0.5) is 0 Å². The van der Waals surface area contributed by atoms with Crippen molar-refractivity contribution >= 4 is 0 Å². The fraction of sp³-hybridized carbons (Fsp3) is 1.00. The highest BCUT2D eigenvalue weighted by atomic mass is 16.7. The van der Waals surface area contributed by atoms with Gasteiger partial charge in [-0.3, -0.25) is 4.90 Å². The van der Waals surface area contributed by atoms with Crippen LogP contribution in [-0.2, 0) is 9.47 Å². The first-order valence-electron chi connectivity index (χ1n) is 7.31. The van der Waals surface area contributed by atoms with Gasteiger partial charge in [0.1, 0.15) is 0 Å². The number of nitrogens with two attached hydrogens (primary N) is 1. The van der Waals surface area contributed by atoms with Gasteiger partial charge in [-0.1, -0.05) is 12.8 Å². The summed E-state index contributed by atoms with van der Waals surface area (Å²) in [7, 11) is 3.41. The highest BCUT2D eigenvalue weighted by Crippen LogP contribution is 2.37. The number of rotatable bonds is 6. The molecule has 2 aliphatic rings. The van der Waals surface area contributed by atoms with E-state index in [1.54, 1.807) is 14.2 Å². The van der Waals surface area contributed by atoms with Gasteiger partial charge in [0, 0.05) is 39.3 Å². The number of methoxy groups -OCH3 is 2. The molecule has 3 atom stereocenters. The highest BCUT2D eigenvalue weighted by Gasteiger charge is 2.39. The topological polar surface area (TPSA) is 47.7 Å². The molecule has 0 amide bonds. The van der Waals surface area contributed by atoms with Crippen LogP contribution in [0.2, 0.25) is 0 Å². The molecule has 2 N–H and O–H groups in total. The van der Waals surface area contributed by atoms with Crippen LogP contribution in [-0.4, -0.2) is 50.6 Å². The van der Waals surface area contributed by atoms with Gasteiger partial charge in [-0.25, -0.2) is 0 Å². The summed E-state index contributed by atoms with van der Waals surface area (Å²) in [6.07, 6.45) is 7.68. The molecule has 0 spiro atoms. The molecule has 3 unspecified atom stereocenters. The number of likely N-dealkylation sites (tertiary alicyclic amines) is 1. The van der Waals surface area contributed by atoms with Crippen LogP contribution in [0.3, 0.4) is 0 Å². The fourth-order valence-electron chi connectivity index (χ4n) is 3.77. The molecule has 4 nitrogen and oxygen atoms in total. The Bertz CT molecular complexity index is 246. The monoisotopic (exact) mass is 256 g/mol. The zero-order valence-corrected chi connectivity index (χ0v) is 11.8. The third-order valence-corrected chi connectivity index (χ3v) is 4.78. The van der Waals surface area contributed by atoms with Crippen LogP contribution in [0.15, 0.2) is 0 Å². The van der Waals surface area contributed by atoms with E-state index in [2.05, 4.69) is 4.90 Å². The van der Waals surface area contributed by atoms with E-state index in [4.69, 9.17) is 15.2 Å². The Morgan fingerprint density at radius 2 is 1.89 bits per heavy atom. The van der Waals surface area contributed by atoms with Crippen molar-refractivity contribution in [2.45, 2.75) is 56.9 Å². The largest absolute Gasteiger partial charge is 0.356 e. The summed E-state index contributed by atoms with van der Waals surface area (Å²) in [5.74, 6) is 0.913. The minimum absolute atomic E-state index is 0.124. The third-order valence-electron chi connectivity index (χ3n) is 4.78. The van der Waals surface area contributed by atoms with Crippen molar-refractivity contribution in [1.29, 1.82) is 0 Å².